The number of carbonyl (C=O) groups excluding carboxylic acids is 1. The molecule has 0 saturated heterocycles. The van der Waals surface area contributed by atoms with E-state index in [-0.39, 0.29) is 18.7 Å². The predicted molar refractivity (Wildman–Crippen MR) is 88.9 cm³/mol. The Morgan fingerprint density at radius 3 is 2.45 bits per heavy atom. The summed E-state index contributed by atoms with van der Waals surface area (Å²) in [5, 5.41) is 15.8. The van der Waals surface area contributed by atoms with Crippen molar-refractivity contribution in [2.45, 2.75) is 90.4 Å². The Labute approximate surface area is 135 Å². The number of amides is 1. The molecule has 3 atom stereocenters. The van der Waals surface area contributed by atoms with Crippen molar-refractivity contribution in [2.24, 2.45) is 5.92 Å². The molecule has 3 N–H and O–H groups in total. The molecule has 0 aromatic carbocycles. The molecule has 130 valence electrons. The van der Waals surface area contributed by atoms with Crippen LogP contribution < -0.4 is 10.6 Å². The zero-order chi connectivity index (χ0) is 16.8. The van der Waals surface area contributed by atoms with E-state index in [1.165, 1.54) is 0 Å². The van der Waals surface area contributed by atoms with Gasteiger partial charge in [-0.2, -0.15) is 0 Å². The third-order valence-electron chi connectivity index (χ3n) is 4.09. The van der Waals surface area contributed by atoms with Crippen molar-refractivity contribution in [1.82, 2.24) is 10.6 Å². The van der Waals surface area contributed by atoms with Gasteiger partial charge in [0.25, 0.3) is 0 Å². The molecule has 1 rings (SSSR count). The van der Waals surface area contributed by atoms with Crippen LogP contribution in [0.4, 0.5) is 4.79 Å². The smallest absolute Gasteiger partial charge is 0.407 e. The lowest BCUT2D eigenvalue weighted by Crippen LogP contribution is -2.49. The maximum absolute atomic E-state index is 11.9. The van der Waals surface area contributed by atoms with Gasteiger partial charge in [-0.15, -0.1) is 0 Å². The number of hydrogen-bond acceptors (Lipinski definition) is 4. The van der Waals surface area contributed by atoms with Crippen LogP contribution in [0.15, 0.2) is 0 Å². The zero-order valence-electron chi connectivity index (χ0n) is 14.8. The molecule has 0 radical (unpaired) electrons. The molecule has 5 nitrogen and oxygen atoms in total. The highest BCUT2D eigenvalue weighted by Crippen LogP contribution is 2.21. The lowest BCUT2D eigenvalue weighted by molar-refractivity contribution is 0.0487. The number of alkyl carbamates (subject to hydrolysis) is 1. The van der Waals surface area contributed by atoms with Crippen LogP contribution in [0.5, 0.6) is 0 Å². The second-order valence-corrected chi connectivity index (χ2v) is 7.74. The summed E-state index contributed by atoms with van der Waals surface area (Å²) in [5.74, 6) is 0.492. The van der Waals surface area contributed by atoms with E-state index >= 15 is 0 Å². The van der Waals surface area contributed by atoms with Gasteiger partial charge in [0.05, 0.1) is 0 Å². The Morgan fingerprint density at radius 2 is 1.91 bits per heavy atom. The van der Waals surface area contributed by atoms with Gasteiger partial charge in [-0.25, -0.2) is 4.79 Å². The Kier molecular flexibility index (Phi) is 7.63. The fourth-order valence-electron chi connectivity index (χ4n) is 3.00. The van der Waals surface area contributed by atoms with E-state index in [9.17, 15) is 9.90 Å². The van der Waals surface area contributed by atoms with E-state index in [1.54, 1.807) is 0 Å². The first-order chi connectivity index (χ1) is 10.2. The Morgan fingerprint density at radius 1 is 1.27 bits per heavy atom. The zero-order valence-corrected chi connectivity index (χ0v) is 14.8. The first-order valence-corrected chi connectivity index (χ1v) is 8.57. The molecular weight excluding hydrogens is 280 g/mol. The van der Waals surface area contributed by atoms with Crippen molar-refractivity contribution in [1.29, 1.82) is 0 Å². The summed E-state index contributed by atoms with van der Waals surface area (Å²) in [5.41, 5.74) is -0.458. The fourth-order valence-corrected chi connectivity index (χ4v) is 3.00. The minimum Gasteiger partial charge on any atom is -0.444 e. The average Bonchev–Trinajstić information content (AvgIpc) is 2.36. The number of aliphatic hydroxyl groups excluding tert-OH is 1. The van der Waals surface area contributed by atoms with Gasteiger partial charge in [0, 0.05) is 24.7 Å². The molecule has 5 heteroatoms. The number of ether oxygens (including phenoxy) is 1. The first kappa shape index (κ1) is 19.2. The summed E-state index contributed by atoms with van der Waals surface area (Å²) in [4.78, 5) is 11.9. The molecule has 1 amide bonds. The van der Waals surface area contributed by atoms with Gasteiger partial charge in [0.1, 0.15) is 5.60 Å². The van der Waals surface area contributed by atoms with Crippen LogP contribution in [0.2, 0.25) is 0 Å². The van der Waals surface area contributed by atoms with Crippen molar-refractivity contribution in [3.05, 3.63) is 0 Å². The minimum atomic E-state index is -0.458. The van der Waals surface area contributed by atoms with E-state index in [4.69, 9.17) is 4.74 Å². The van der Waals surface area contributed by atoms with Gasteiger partial charge in [-0.05, 0) is 58.8 Å². The molecule has 1 fully saturated rings. The van der Waals surface area contributed by atoms with Crippen LogP contribution in [0, 0.1) is 5.92 Å². The van der Waals surface area contributed by atoms with Crippen molar-refractivity contribution in [2.75, 3.05) is 6.61 Å². The van der Waals surface area contributed by atoms with E-state index < -0.39 is 5.60 Å². The molecule has 0 aliphatic heterocycles. The summed E-state index contributed by atoms with van der Waals surface area (Å²) in [6.45, 7) is 10.2. The number of nitrogens with one attached hydrogen (secondary N) is 2. The number of hydrogen-bond donors (Lipinski definition) is 3. The first-order valence-electron chi connectivity index (χ1n) is 8.57. The number of aliphatic hydroxyl groups is 1. The van der Waals surface area contributed by atoms with Crippen LogP contribution in [0.1, 0.15) is 66.7 Å². The lowest BCUT2D eigenvalue weighted by Gasteiger charge is -2.34. The monoisotopic (exact) mass is 314 g/mol. The van der Waals surface area contributed by atoms with Crippen LogP contribution in [-0.4, -0.2) is 41.5 Å². The van der Waals surface area contributed by atoms with Gasteiger partial charge in [-0.3, -0.25) is 0 Å². The quantitative estimate of drug-likeness (QED) is 0.705. The van der Waals surface area contributed by atoms with Gasteiger partial charge >= 0.3 is 6.09 Å². The van der Waals surface area contributed by atoms with E-state index in [2.05, 4.69) is 24.5 Å². The van der Waals surface area contributed by atoms with Crippen LogP contribution in [0.25, 0.3) is 0 Å². The van der Waals surface area contributed by atoms with Crippen molar-refractivity contribution >= 4 is 6.09 Å². The molecule has 0 spiro atoms. The molecule has 0 heterocycles. The molecule has 1 aliphatic carbocycles. The van der Waals surface area contributed by atoms with Crippen LogP contribution in [0.3, 0.4) is 0 Å². The molecular formula is C17H34N2O3. The van der Waals surface area contributed by atoms with E-state index in [0.29, 0.717) is 18.0 Å². The minimum absolute atomic E-state index is 0.169. The fraction of sp³-hybridized carbons (Fsp3) is 0.941. The number of carbonyl (C=O) groups is 1. The van der Waals surface area contributed by atoms with E-state index in [1.807, 2.05) is 20.8 Å². The molecule has 22 heavy (non-hydrogen) atoms. The molecule has 1 saturated carbocycles. The van der Waals surface area contributed by atoms with E-state index in [0.717, 1.165) is 32.1 Å². The molecule has 3 unspecified atom stereocenters. The highest BCUT2D eigenvalue weighted by molar-refractivity contribution is 5.68. The largest absolute Gasteiger partial charge is 0.444 e. The van der Waals surface area contributed by atoms with Crippen LogP contribution in [-0.2, 0) is 4.74 Å². The van der Waals surface area contributed by atoms with Crippen molar-refractivity contribution in [3.8, 4) is 0 Å². The second kappa shape index (κ2) is 8.73. The summed E-state index contributed by atoms with van der Waals surface area (Å²) >= 11 is 0. The van der Waals surface area contributed by atoms with Gasteiger partial charge < -0.3 is 20.5 Å². The highest BCUT2D eigenvalue weighted by Gasteiger charge is 2.27. The molecule has 0 aromatic rings. The third kappa shape index (κ3) is 7.45. The summed E-state index contributed by atoms with van der Waals surface area (Å²) in [6.07, 6.45) is 4.60. The standard InChI is InChI=1S/C17H34N2O3/c1-12(2)15(9-10-20)18-13-7-6-8-14(11-13)19-16(21)22-17(3,4)5/h12-15,18,20H,6-11H2,1-5H3,(H,19,21). The SMILES string of the molecule is CC(C)C(CCO)NC1CCCC(NC(=O)OC(C)(C)C)C1. The predicted octanol–water partition coefficient (Wildman–Crippen LogP) is 2.82. The summed E-state index contributed by atoms with van der Waals surface area (Å²) in [6, 6.07) is 0.894. The molecule has 1 aliphatic rings. The van der Waals surface area contributed by atoms with Gasteiger partial charge in [0.15, 0.2) is 0 Å². The maximum atomic E-state index is 11.9. The molecule has 0 aromatic heterocycles. The number of rotatable bonds is 6. The van der Waals surface area contributed by atoms with Gasteiger partial charge in [0.2, 0.25) is 0 Å². The average molecular weight is 314 g/mol. The molecule has 0 bridgehead atoms. The topological polar surface area (TPSA) is 70.6 Å². The Balaban J connectivity index is 2.45. The summed E-state index contributed by atoms with van der Waals surface area (Å²) < 4.78 is 5.33. The summed E-state index contributed by atoms with van der Waals surface area (Å²) in [7, 11) is 0. The second-order valence-electron chi connectivity index (χ2n) is 7.74. The normalized spacial score (nSPS) is 24.1. The van der Waals surface area contributed by atoms with Crippen LogP contribution >= 0.6 is 0 Å². The Bertz CT molecular complexity index is 339. The van der Waals surface area contributed by atoms with Gasteiger partial charge in [-0.1, -0.05) is 13.8 Å². The maximum Gasteiger partial charge on any atom is 0.407 e. The Hall–Kier alpha value is -0.810. The van der Waals surface area contributed by atoms with Crippen molar-refractivity contribution in [3.63, 3.8) is 0 Å². The van der Waals surface area contributed by atoms with Crippen molar-refractivity contribution < 1.29 is 14.6 Å². The highest BCUT2D eigenvalue weighted by atomic mass is 16.6. The third-order valence-corrected chi connectivity index (χ3v) is 4.09. The lowest BCUT2D eigenvalue weighted by atomic mass is 9.89.